The third-order valence-electron chi connectivity index (χ3n) is 4.19. The molecule has 7 nitrogen and oxygen atoms in total. The lowest BCUT2D eigenvalue weighted by molar-refractivity contribution is -0.143. The molecule has 0 fully saturated rings. The normalized spacial score (nSPS) is 10.4. The zero-order valence-electron chi connectivity index (χ0n) is 15.9. The summed E-state index contributed by atoms with van der Waals surface area (Å²) in [5, 5.41) is 3.59. The number of aromatic nitrogens is 1. The maximum Gasteiger partial charge on any atom is 0.325 e. The van der Waals surface area contributed by atoms with Crippen LogP contribution in [-0.4, -0.2) is 37.6 Å². The van der Waals surface area contributed by atoms with Crippen molar-refractivity contribution in [2.24, 2.45) is 0 Å². The van der Waals surface area contributed by atoms with E-state index in [0.29, 0.717) is 28.1 Å². The molecular weight excluding hydrogens is 396 g/mol. The number of rotatable bonds is 7. The predicted molar refractivity (Wildman–Crippen MR) is 108 cm³/mol. The van der Waals surface area contributed by atoms with Gasteiger partial charge in [-0.05, 0) is 42.5 Å². The second-order valence-corrected chi connectivity index (χ2v) is 6.43. The number of nitrogens with zero attached hydrogens (tertiary/aromatic N) is 1. The van der Waals surface area contributed by atoms with E-state index in [1.54, 1.807) is 50.6 Å². The minimum absolute atomic E-state index is 0.0506. The highest BCUT2D eigenvalue weighted by Crippen LogP contribution is 2.24. The summed E-state index contributed by atoms with van der Waals surface area (Å²) in [5.41, 5.74) is 1.66. The third-order valence-corrected chi connectivity index (χ3v) is 4.51. The molecule has 1 N–H and O–H groups in total. The number of amides is 1. The molecule has 1 amide bonds. The fraction of sp³-hybridized carbons (Fsp3) is 0.190. The molecule has 0 radical (unpaired) electrons. The zero-order chi connectivity index (χ0) is 20.8. The van der Waals surface area contributed by atoms with Gasteiger partial charge in [-0.1, -0.05) is 11.6 Å². The molecule has 0 aliphatic carbocycles. The molecule has 0 unspecified atom stereocenters. The van der Waals surface area contributed by atoms with Gasteiger partial charge in [0.05, 0.1) is 19.7 Å². The highest BCUT2D eigenvalue weighted by Gasteiger charge is 2.12. The van der Waals surface area contributed by atoms with Crippen molar-refractivity contribution in [3.8, 4) is 11.5 Å². The zero-order valence-corrected chi connectivity index (χ0v) is 16.7. The monoisotopic (exact) mass is 414 g/mol. The first-order valence-corrected chi connectivity index (χ1v) is 9.09. The molecule has 0 aliphatic rings. The van der Waals surface area contributed by atoms with E-state index >= 15 is 0 Å². The van der Waals surface area contributed by atoms with Crippen molar-refractivity contribution in [3.05, 3.63) is 64.8 Å². The van der Waals surface area contributed by atoms with Crippen LogP contribution in [0.5, 0.6) is 11.5 Å². The average molecular weight is 415 g/mol. The van der Waals surface area contributed by atoms with Crippen LogP contribution in [0.2, 0.25) is 5.15 Å². The van der Waals surface area contributed by atoms with Crippen LogP contribution < -0.4 is 14.8 Å². The molecule has 8 heteroatoms. The number of fused-ring (bicyclic) bond motifs is 1. The van der Waals surface area contributed by atoms with E-state index in [0.717, 1.165) is 5.39 Å². The fourth-order valence-corrected chi connectivity index (χ4v) is 2.80. The summed E-state index contributed by atoms with van der Waals surface area (Å²) in [5.74, 6) is 0.342. The van der Waals surface area contributed by atoms with E-state index in [-0.39, 0.29) is 24.2 Å². The lowest BCUT2D eigenvalue weighted by Crippen LogP contribution is -2.30. The van der Waals surface area contributed by atoms with Crippen LogP contribution in [0.15, 0.2) is 48.5 Å². The third kappa shape index (κ3) is 5.14. The van der Waals surface area contributed by atoms with E-state index in [9.17, 15) is 9.59 Å². The Balaban J connectivity index is 1.55. The van der Waals surface area contributed by atoms with Crippen LogP contribution in [0.25, 0.3) is 10.9 Å². The number of ether oxygens (including phenoxy) is 3. The number of halogens is 1. The van der Waals surface area contributed by atoms with Gasteiger partial charge in [-0.3, -0.25) is 9.59 Å². The second-order valence-electron chi connectivity index (χ2n) is 6.07. The lowest BCUT2D eigenvalue weighted by Gasteiger charge is -2.09. The van der Waals surface area contributed by atoms with Crippen LogP contribution in [0.3, 0.4) is 0 Å². The van der Waals surface area contributed by atoms with Crippen molar-refractivity contribution in [2.75, 3.05) is 20.8 Å². The van der Waals surface area contributed by atoms with Gasteiger partial charge in [-0.2, -0.15) is 0 Å². The van der Waals surface area contributed by atoms with E-state index < -0.39 is 5.97 Å². The molecule has 0 spiro atoms. The molecule has 0 aliphatic heterocycles. The summed E-state index contributed by atoms with van der Waals surface area (Å²) in [6.45, 7) is -0.314. The molecule has 0 bridgehead atoms. The predicted octanol–water partition coefficient (Wildman–Crippen LogP) is 3.38. The highest BCUT2D eigenvalue weighted by molar-refractivity contribution is 6.30. The van der Waals surface area contributed by atoms with Crippen LogP contribution in [-0.2, 0) is 16.1 Å². The summed E-state index contributed by atoms with van der Waals surface area (Å²) in [4.78, 5) is 28.4. The Morgan fingerprint density at radius 1 is 1.00 bits per heavy atom. The van der Waals surface area contributed by atoms with Crippen molar-refractivity contribution >= 4 is 34.4 Å². The number of pyridine rings is 1. The minimum Gasteiger partial charge on any atom is -0.497 e. The van der Waals surface area contributed by atoms with Crippen molar-refractivity contribution in [2.45, 2.75) is 6.61 Å². The molecule has 0 saturated heterocycles. The summed E-state index contributed by atoms with van der Waals surface area (Å²) >= 11 is 6.19. The van der Waals surface area contributed by atoms with E-state index in [2.05, 4.69) is 10.3 Å². The van der Waals surface area contributed by atoms with Gasteiger partial charge in [0.1, 0.15) is 29.8 Å². The van der Waals surface area contributed by atoms with Gasteiger partial charge in [-0.25, -0.2) is 4.98 Å². The molecule has 3 rings (SSSR count). The van der Waals surface area contributed by atoms with Gasteiger partial charge < -0.3 is 19.5 Å². The van der Waals surface area contributed by atoms with Crippen molar-refractivity contribution in [1.29, 1.82) is 0 Å². The molecular formula is C21H19ClN2O5. The quantitative estimate of drug-likeness (QED) is 0.471. The SMILES string of the molecule is COc1ccc(C(=O)NCC(=O)OCc2cc3ccc(OC)cc3nc2Cl)cc1. The van der Waals surface area contributed by atoms with Crippen LogP contribution in [0.4, 0.5) is 0 Å². The number of hydrogen-bond donors (Lipinski definition) is 1. The van der Waals surface area contributed by atoms with Gasteiger partial charge in [0, 0.05) is 22.6 Å². The number of hydrogen-bond acceptors (Lipinski definition) is 6. The number of benzene rings is 2. The first kappa shape index (κ1) is 20.4. The van der Waals surface area contributed by atoms with Crippen LogP contribution in [0, 0.1) is 0 Å². The van der Waals surface area contributed by atoms with E-state index in [1.807, 2.05) is 12.1 Å². The fourth-order valence-electron chi connectivity index (χ4n) is 2.60. The largest absolute Gasteiger partial charge is 0.497 e. The average Bonchev–Trinajstić information content (AvgIpc) is 2.75. The van der Waals surface area contributed by atoms with Gasteiger partial charge in [-0.15, -0.1) is 0 Å². The molecule has 2 aromatic carbocycles. The van der Waals surface area contributed by atoms with Gasteiger partial charge >= 0.3 is 5.97 Å². The Morgan fingerprint density at radius 3 is 2.38 bits per heavy atom. The Kier molecular flexibility index (Phi) is 6.51. The van der Waals surface area contributed by atoms with Crippen molar-refractivity contribution in [3.63, 3.8) is 0 Å². The van der Waals surface area contributed by atoms with Gasteiger partial charge in [0.2, 0.25) is 0 Å². The first-order chi connectivity index (χ1) is 14.0. The van der Waals surface area contributed by atoms with Gasteiger partial charge in [0.25, 0.3) is 5.91 Å². The number of carbonyl (C=O) groups is 2. The number of nitrogens with one attached hydrogen (secondary N) is 1. The Morgan fingerprint density at radius 2 is 1.69 bits per heavy atom. The summed E-state index contributed by atoms with van der Waals surface area (Å²) < 4.78 is 15.4. The van der Waals surface area contributed by atoms with Crippen LogP contribution >= 0.6 is 11.6 Å². The number of carbonyl (C=O) groups excluding carboxylic acids is 2. The molecule has 0 saturated carbocycles. The highest BCUT2D eigenvalue weighted by atomic mass is 35.5. The maximum absolute atomic E-state index is 12.1. The Hall–Kier alpha value is -3.32. The first-order valence-electron chi connectivity index (χ1n) is 8.71. The standard InChI is InChI=1S/C21H19ClN2O5/c1-27-16-6-3-13(4-7-16)21(26)23-11-19(25)29-12-15-9-14-5-8-17(28-2)10-18(14)24-20(15)22/h3-10H,11-12H2,1-2H3,(H,23,26). The minimum atomic E-state index is -0.585. The molecule has 1 heterocycles. The summed E-state index contributed by atoms with van der Waals surface area (Å²) in [7, 11) is 3.11. The van der Waals surface area contributed by atoms with E-state index in [4.69, 9.17) is 25.8 Å². The summed E-state index contributed by atoms with van der Waals surface area (Å²) in [6.07, 6.45) is 0. The molecule has 0 atom stereocenters. The topological polar surface area (TPSA) is 86.8 Å². The Labute approximate surface area is 172 Å². The smallest absolute Gasteiger partial charge is 0.325 e. The Bertz CT molecular complexity index is 1040. The van der Waals surface area contributed by atoms with Crippen molar-refractivity contribution in [1.82, 2.24) is 10.3 Å². The summed E-state index contributed by atoms with van der Waals surface area (Å²) in [6, 6.07) is 13.8. The van der Waals surface area contributed by atoms with Gasteiger partial charge in [0.15, 0.2) is 0 Å². The maximum atomic E-state index is 12.1. The number of methoxy groups -OCH3 is 2. The molecule has 3 aromatic rings. The molecule has 1 aromatic heterocycles. The molecule has 29 heavy (non-hydrogen) atoms. The number of esters is 1. The van der Waals surface area contributed by atoms with E-state index in [1.165, 1.54) is 0 Å². The van der Waals surface area contributed by atoms with Crippen LogP contribution in [0.1, 0.15) is 15.9 Å². The van der Waals surface area contributed by atoms with Crippen molar-refractivity contribution < 1.29 is 23.8 Å². The lowest BCUT2D eigenvalue weighted by atomic mass is 10.1. The molecule has 150 valence electrons. The second kappa shape index (κ2) is 9.25.